The summed E-state index contributed by atoms with van der Waals surface area (Å²) in [4.78, 5) is 4.74. The van der Waals surface area contributed by atoms with Crippen molar-refractivity contribution in [3.05, 3.63) is 0 Å². The largest absolute Gasteiger partial charge is 0.308 e. The molecule has 12 heavy (non-hydrogen) atoms. The van der Waals surface area contributed by atoms with Crippen molar-refractivity contribution in [1.82, 2.24) is 9.80 Å². The molecule has 0 radical (unpaired) electrons. The first-order chi connectivity index (χ1) is 5.72. The van der Waals surface area contributed by atoms with Crippen LogP contribution in [0.3, 0.4) is 0 Å². The number of alkyl halides is 1. The van der Waals surface area contributed by atoms with Crippen LogP contribution >= 0.6 is 11.6 Å². The number of nitrogens with zero attached hydrogens (tertiary/aromatic N) is 2. The van der Waals surface area contributed by atoms with Crippen molar-refractivity contribution in [3.63, 3.8) is 0 Å². The lowest BCUT2D eigenvalue weighted by Crippen LogP contribution is -2.30. The predicted molar refractivity (Wildman–Crippen MR) is 53.8 cm³/mol. The minimum absolute atomic E-state index is 0.744. The summed E-state index contributed by atoms with van der Waals surface area (Å²) in [6.45, 7) is 4.80. The highest BCUT2D eigenvalue weighted by Gasteiger charge is 2.20. The first-order valence-corrected chi connectivity index (χ1v) is 5.19. The Labute approximate surface area is 80.5 Å². The molecule has 0 amide bonds. The lowest BCUT2D eigenvalue weighted by molar-refractivity contribution is 0.278. The van der Waals surface area contributed by atoms with Crippen LogP contribution in [0.4, 0.5) is 0 Å². The molecule has 0 aliphatic carbocycles. The molecule has 72 valence electrons. The highest BCUT2D eigenvalue weighted by molar-refractivity contribution is 6.18. The van der Waals surface area contributed by atoms with Gasteiger partial charge in [-0.25, -0.2) is 0 Å². The zero-order chi connectivity index (χ0) is 8.97. The topological polar surface area (TPSA) is 6.48 Å². The first kappa shape index (κ1) is 10.3. The van der Waals surface area contributed by atoms with Crippen molar-refractivity contribution in [2.45, 2.75) is 6.42 Å². The van der Waals surface area contributed by atoms with Crippen molar-refractivity contribution in [1.29, 1.82) is 0 Å². The van der Waals surface area contributed by atoms with Crippen LogP contribution < -0.4 is 0 Å². The van der Waals surface area contributed by atoms with Gasteiger partial charge in [-0.1, -0.05) is 0 Å². The van der Waals surface area contributed by atoms with Gasteiger partial charge < -0.3 is 9.80 Å². The maximum absolute atomic E-state index is 5.80. The fraction of sp³-hybridized carbons (Fsp3) is 1.00. The summed E-state index contributed by atoms with van der Waals surface area (Å²) in [7, 11) is 4.24. The molecule has 2 nitrogen and oxygen atoms in total. The van der Waals surface area contributed by atoms with Gasteiger partial charge in [0, 0.05) is 25.5 Å². The molecule has 1 aliphatic heterocycles. The Bertz CT molecular complexity index is 128. The highest BCUT2D eigenvalue weighted by atomic mass is 35.5. The molecule has 0 aromatic heterocycles. The Balaban J connectivity index is 2.11. The van der Waals surface area contributed by atoms with E-state index in [1.807, 2.05) is 0 Å². The monoisotopic (exact) mass is 190 g/mol. The fourth-order valence-electron chi connectivity index (χ4n) is 1.58. The number of likely N-dealkylation sites (N-methyl/N-ethyl adjacent to an activating group) is 1. The summed E-state index contributed by atoms with van der Waals surface area (Å²) in [5, 5.41) is 0. The Hall–Kier alpha value is 0.210. The summed E-state index contributed by atoms with van der Waals surface area (Å²) in [5.41, 5.74) is 0. The van der Waals surface area contributed by atoms with Crippen molar-refractivity contribution >= 4 is 11.6 Å². The molecule has 1 saturated heterocycles. The van der Waals surface area contributed by atoms with E-state index in [-0.39, 0.29) is 0 Å². The van der Waals surface area contributed by atoms with Gasteiger partial charge in [0.2, 0.25) is 0 Å². The van der Waals surface area contributed by atoms with Crippen LogP contribution in [0.2, 0.25) is 0 Å². The van der Waals surface area contributed by atoms with E-state index in [2.05, 4.69) is 23.9 Å². The number of halogens is 1. The van der Waals surface area contributed by atoms with Gasteiger partial charge in [-0.05, 0) is 33.0 Å². The second kappa shape index (κ2) is 5.05. The maximum Gasteiger partial charge on any atom is 0.0264 e. The van der Waals surface area contributed by atoms with Gasteiger partial charge in [-0.15, -0.1) is 11.6 Å². The van der Waals surface area contributed by atoms with Gasteiger partial charge in [-0.3, -0.25) is 0 Å². The van der Waals surface area contributed by atoms with E-state index in [9.17, 15) is 0 Å². The van der Waals surface area contributed by atoms with Crippen LogP contribution in [0.15, 0.2) is 0 Å². The molecule has 1 heterocycles. The summed E-state index contributed by atoms with van der Waals surface area (Å²) >= 11 is 5.80. The summed E-state index contributed by atoms with van der Waals surface area (Å²) in [6, 6.07) is 0. The number of likely N-dealkylation sites (tertiary alicyclic amines) is 1. The fourth-order valence-corrected chi connectivity index (χ4v) is 1.84. The first-order valence-electron chi connectivity index (χ1n) is 4.65. The Kier molecular flexibility index (Phi) is 4.33. The molecule has 1 rings (SSSR count). The number of hydrogen-bond donors (Lipinski definition) is 0. The zero-order valence-corrected chi connectivity index (χ0v) is 8.85. The molecule has 1 atom stereocenters. The van der Waals surface area contributed by atoms with Gasteiger partial charge in [0.25, 0.3) is 0 Å². The maximum atomic E-state index is 5.80. The van der Waals surface area contributed by atoms with Crippen molar-refractivity contribution < 1.29 is 0 Å². The van der Waals surface area contributed by atoms with Crippen molar-refractivity contribution in [2.24, 2.45) is 5.92 Å². The van der Waals surface area contributed by atoms with E-state index >= 15 is 0 Å². The lowest BCUT2D eigenvalue weighted by atomic mass is 10.2. The second-order valence-electron chi connectivity index (χ2n) is 3.91. The molecule has 1 unspecified atom stereocenters. The van der Waals surface area contributed by atoms with Gasteiger partial charge in [0.15, 0.2) is 0 Å². The quantitative estimate of drug-likeness (QED) is 0.613. The van der Waals surface area contributed by atoms with Crippen LogP contribution in [-0.2, 0) is 0 Å². The lowest BCUT2D eigenvalue weighted by Gasteiger charge is -2.18. The highest BCUT2D eigenvalue weighted by Crippen LogP contribution is 2.16. The van der Waals surface area contributed by atoms with Crippen LogP contribution in [0, 0.1) is 5.92 Å². The third-order valence-corrected chi connectivity index (χ3v) is 2.89. The molecule has 3 heteroatoms. The van der Waals surface area contributed by atoms with E-state index in [1.54, 1.807) is 0 Å². The van der Waals surface area contributed by atoms with Crippen LogP contribution in [0.5, 0.6) is 0 Å². The molecule has 0 saturated carbocycles. The molecular formula is C9H19ClN2. The van der Waals surface area contributed by atoms with Gasteiger partial charge in [0.1, 0.15) is 0 Å². The minimum Gasteiger partial charge on any atom is -0.308 e. The van der Waals surface area contributed by atoms with Crippen LogP contribution in [-0.4, -0.2) is 56.0 Å². The smallest absolute Gasteiger partial charge is 0.0264 e. The Morgan fingerprint density at radius 3 is 2.75 bits per heavy atom. The molecule has 0 spiro atoms. The minimum atomic E-state index is 0.744. The molecule has 0 aromatic carbocycles. The molecular weight excluding hydrogens is 172 g/mol. The van der Waals surface area contributed by atoms with Crippen molar-refractivity contribution in [2.75, 3.05) is 46.2 Å². The Morgan fingerprint density at radius 2 is 2.25 bits per heavy atom. The molecule has 0 aromatic rings. The van der Waals surface area contributed by atoms with E-state index in [0.29, 0.717) is 0 Å². The predicted octanol–water partition coefficient (Wildman–Crippen LogP) is 1.11. The van der Waals surface area contributed by atoms with E-state index in [1.165, 1.54) is 26.1 Å². The second-order valence-corrected chi connectivity index (χ2v) is 4.22. The third-order valence-electron chi connectivity index (χ3n) is 2.45. The normalized spacial score (nSPS) is 25.5. The van der Waals surface area contributed by atoms with Crippen LogP contribution in [0.25, 0.3) is 0 Å². The summed E-state index contributed by atoms with van der Waals surface area (Å²) in [5.74, 6) is 1.58. The number of rotatable bonds is 4. The molecule has 0 bridgehead atoms. The average molecular weight is 191 g/mol. The molecule has 1 fully saturated rings. The standard InChI is InChI=1S/C9H19ClN2/c1-11(2)5-6-12-4-3-9(7-10)8-12/h9H,3-8H2,1-2H3. The van der Waals surface area contributed by atoms with Crippen molar-refractivity contribution in [3.8, 4) is 0 Å². The summed E-state index contributed by atoms with van der Waals surface area (Å²) in [6.07, 6.45) is 1.29. The SMILES string of the molecule is CN(C)CCN1CCC(CCl)C1. The molecule has 1 aliphatic rings. The number of hydrogen-bond acceptors (Lipinski definition) is 2. The Morgan fingerprint density at radius 1 is 1.50 bits per heavy atom. The molecule has 0 N–H and O–H groups in total. The van der Waals surface area contributed by atoms with Gasteiger partial charge in [-0.2, -0.15) is 0 Å². The summed E-state index contributed by atoms with van der Waals surface area (Å²) < 4.78 is 0. The van der Waals surface area contributed by atoms with Gasteiger partial charge in [0.05, 0.1) is 0 Å². The van der Waals surface area contributed by atoms with E-state index in [4.69, 9.17) is 11.6 Å². The zero-order valence-electron chi connectivity index (χ0n) is 8.09. The third kappa shape index (κ3) is 3.30. The van der Waals surface area contributed by atoms with Gasteiger partial charge >= 0.3 is 0 Å². The van der Waals surface area contributed by atoms with E-state index < -0.39 is 0 Å². The average Bonchev–Trinajstić information content (AvgIpc) is 2.48. The van der Waals surface area contributed by atoms with E-state index in [0.717, 1.165) is 18.3 Å². The van der Waals surface area contributed by atoms with Crippen LogP contribution in [0.1, 0.15) is 6.42 Å².